The average molecular weight is 136 g/mol. The van der Waals surface area contributed by atoms with Crippen molar-refractivity contribution in [1.82, 2.24) is 0 Å². The Morgan fingerprint density at radius 3 is 1.89 bits per heavy atom. The second kappa shape index (κ2) is 2.85. The molecule has 0 radical (unpaired) electrons. The Labute approximate surface area is 60.4 Å². The van der Waals surface area contributed by atoms with E-state index in [9.17, 15) is 0 Å². The standard InChI is InChI=1S/C8H8S/c1-3-7-5-9-6-8(7)4-2/h1-2,7-8H,5-6H2. The van der Waals surface area contributed by atoms with Crippen molar-refractivity contribution in [1.29, 1.82) is 0 Å². The van der Waals surface area contributed by atoms with Crippen LogP contribution in [0.25, 0.3) is 0 Å². The van der Waals surface area contributed by atoms with Gasteiger partial charge in [0.05, 0.1) is 0 Å². The highest BCUT2D eigenvalue weighted by molar-refractivity contribution is 7.99. The van der Waals surface area contributed by atoms with Crippen LogP contribution in [0.1, 0.15) is 0 Å². The number of thioether (sulfide) groups is 1. The maximum absolute atomic E-state index is 5.24. The zero-order chi connectivity index (χ0) is 6.69. The van der Waals surface area contributed by atoms with E-state index in [4.69, 9.17) is 12.8 Å². The SMILES string of the molecule is C#CC1CSCC1C#C. The lowest BCUT2D eigenvalue weighted by atomic mass is 9.98. The van der Waals surface area contributed by atoms with Crippen LogP contribution < -0.4 is 0 Å². The number of hydrogen-bond donors (Lipinski definition) is 0. The second-order valence-electron chi connectivity index (χ2n) is 2.08. The summed E-state index contributed by atoms with van der Waals surface area (Å²) in [5, 5.41) is 0. The molecule has 0 aliphatic carbocycles. The van der Waals surface area contributed by atoms with E-state index in [1.807, 2.05) is 11.8 Å². The Balaban J connectivity index is 2.57. The third kappa shape index (κ3) is 1.23. The van der Waals surface area contributed by atoms with Crippen LogP contribution in [0.4, 0.5) is 0 Å². The molecule has 1 heterocycles. The normalized spacial score (nSPS) is 33.1. The fourth-order valence-corrected chi connectivity index (χ4v) is 2.18. The lowest BCUT2D eigenvalue weighted by Crippen LogP contribution is -2.06. The minimum Gasteiger partial charge on any atom is -0.159 e. The van der Waals surface area contributed by atoms with Gasteiger partial charge in [0, 0.05) is 23.3 Å². The third-order valence-corrected chi connectivity index (χ3v) is 2.70. The van der Waals surface area contributed by atoms with Gasteiger partial charge in [0.25, 0.3) is 0 Å². The molecule has 0 spiro atoms. The first-order valence-electron chi connectivity index (χ1n) is 2.88. The summed E-state index contributed by atoms with van der Waals surface area (Å²) in [5.41, 5.74) is 0. The van der Waals surface area contributed by atoms with Crippen LogP contribution in [-0.4, -0.2) is 11.5 Å². The van der Waals surface area contributed by atoms with Crippen molar-refractivity contribution < 1.29 is 0 Å². The highest BCUT2D eigenvalue weighted by Crippen LogP contribution is 2.28. The molecule has 1 aliphatic heterocycles. The fourth-order valence-electron chi connectivity index (χ4n) is 0.883. The summed E-state index contributed by atoms with van der Waals surface area (Å²) >= 11 is 1.85. The van der Waals surface area contributed by atoms with Crippen molar-refractivity contribution in [2.75, 3.05) is 11.5 Å². The van der Waals surface area contributed by atoms with Crippen molar-refractivity contribution >= 4 is 11.8 Å². The van der Waals surface area contributed by atoms with Crippen LogP contribution in [0, 0.1) is 36.5 Å². The van der Waals surface area contributed by atoms with E-state index in [1.54, 1.807) is 0 Å². The molecule has 0 aromatic carbocycles. The fraction of sp³-hybridized carbons (Fsp3) is 0.500. The molecular formula is C8H8S. The summed E-state index contributed by atoms with van der Waals surface area (Å²) in [6.07, 6.45) is 10.5. The molecule has 9 heavy (non-hydrogen) atoms. The summed E-state index contributed by atoms with van der Waals surface area (Å²) in [7, 11) is 0. The zero-order valence-electron chi connectivity index (χ0n) is 5.13. The number of terminal acetylenes is 2. The zero-order valence-corrected chi connectivity index (χ0v) is 5.95. The van der Waals surface area contributed by atoms with Gasteiger partial charge >= 0.3 is 0 Å². The molecule has 0 amide bonds. The summed E-state index contributed by atoms with van der Waals surface area (Å²) in [4.78, 5) is 0. The van der Waals surface area contributed by atoms with Crippen molar-refractivity contribution in [2.45, 2.75) is 0 Å². The Morgan fingerprint density at radius 1 is 1.11 bits per heavy atom. The minimum atomic E-state index is 0.333. The molecule has 1 saturated heterocycles. The molecule has 2 atom stereocenters. The minimum absolute atomic E-state index is 0.333. The molecule has 1 rings (SSSR count). The van der Waals surface area contributed by atoms with Crippen LogP contribution in [-0.2, 0) is 0 Å². The van der Waals surface area contributed by atoms with Crippen molar-refractivity contribution in [2.24, 2.45) is 11.8 Å². The summed E-state index contributed by atoms with van der Waals surface area (Å²) in [6.45, 7) is 0. The Hall–Kier alpha value is -0.530. The van der Waals surface area contributed by atoms with E-state index in [0.717, 1.165) is 11.5 Å². The van der Waals surface area contributed by atoms with Gasteiger partial charge in [0.1, 0.15) is 0 Å². The van der Waals surface area contributed by atoms with Gasteiger partial charge in [-0.3, -0.25) is 0 Å². The van der Waals surface area contributed by atoms with Crippen LogP contribution >= 0.6 is 11.8 Å². The number of rotatable bonds is 0. The van der Waals surface area contributed by atoms with Crippen LogP contribution in [0.15, 0.2) is 0 Å². The number of hydrogen-bond acceptors (Lipinski definition) is 1. The second-order valence-corrected chi connectivity index (χ2v) is 3.16. The van der Waals surface area contributed by atoms with Crippen LogP contribution in [0.3, 0.4) is 0 Å². The monoisotopic (exact) mass is 136 g/mol. The first kappa shape index (κ1) is 6.59. The van der Waals surface area contributed by atoms with Crippen molar-refractivity contribution in [3.63, 3.8) is 0 Å². The molecule has 1 fully saturated rings. The van der Waals surface area contributed by atoms with Crippen molar-refractivity contribution in [3.05, 3.63) is 0 Å². The van der Waals surface area contributed by atoms with E-state index in [0.29, 0.717) is 11.8 Å². The van der Waals surface area contributed by atoms with E-state index in [2.05, 4.69) is 11.8 Å². The summed E-state index contributed by atoms with van der Waals surface area (Å²) < 4.78 is 0. The van der Waals surface area contributed by atoms with E-state index in [1.165, 1.54) is 0 Å². The predicted molar refractivity (Wildman–Crippen MR) is 42.0 cm³/mol. The van der Waals surface area contributed by atoms with Gasteiger partial charge in [-0.2, -0.15) is 11.8 Å². The van der Waals surface area contributed by atoms with Gasteiger partial charge in [-0.25, -0.2) is 0 Å². The first-order valence-corrected chi connectivity index (χ1v) is 4.04. The van der Waals surface area contributed by atoms with Gasteiger partial charge in [-0.1, -0.05) is 0 Å². The predicted octanol–water partition coefficient (Wildman–Crippen LogP) is 1.23. The van der Waals surface area contributed by atoms with E-state index in [-0.39, 0.29) is 0 Å². The van der Waals surface area contributed by atoms with Crippen LogP contribution in [0.5, 0.6) is 0 Å². The Bertz CT molecular complexity index is 150. The molecule has 0 N–H and O–H groups in total. The topological polar surface area (TPSA) is 0 Å². The van der Waals surface area contributed by atoms with Gasteiger partial charge in [-0.15, -0.1) is 24.7 Å². The van der Waals surface area contributed by atoms with E-state index >= 15 is 0 Å². The highest BCUT2D eigenvalue weighted by Gasteiger charge is 2.23. The molecule has 0 nitrogen and oxygen atoms in total. The molecule has 0 bridgehead atoms. The molecule has 1 aliphatic rings. The molecule has 1 heteroatoms. The van der Waals surface area contributed by atoms with Gasteiger partial charge in [0.2, 0.25) is 0 Å². The third-order valence-electron chi connectivity index (χ3n) is 1.51. The molecule has 46 valence electrons. The van der Waals surface area contributed by atoms with Crippen molar-refractivity contribution in [3.8, 4) is 24.7 Å². The maximum atomic E-state index is 5.24. The largest absolute Gasteiger partial charge is 0.159 e. The smallest absolute Gasteiger partial charge is 0.0436 e. The molecule has 0 aromatic heterocycles. The van der Waals surface area contributed by atoms with E-state index < -0.39 is 0 Å². The van der Waals surface area contributed by atoms with Gasteiger partial charge in [-0.05, 0) is 0 Å². The molecule has 0 saturated carbocycles. The molecular weight excluding hydrogens is 128 g/mol. The van der Waals surface area contributed by atoms with Crippen LogP contribution in [0.2, 0.25) is 0 Å². The Kier molecular flexibility index (Phi) is 2.09. The summed E-state index contributed by atoms with van der Waals surface area (Å²) in [5.74, 6) is 8.16. The van der Waals surface area contributed by atoms with Gasteiger partial charge in [0.15, 0.2) is 0 Å². The summed E-state index contributed by atoms with van der Waals surface area (Å²) in [6, 6.07) is 0. The average Bonchev–Trinajstić information content (AvgIpc) is 2.33. The first-order chi connectivity index (χ1) is 4.38. The quantitative estimate of drug-likeness (QED) is 0.451. The maximum Gasteiger partial charge on any atom is 0.0436 e. The lowest BCUT2D eigenvalue weighted by Gasteiger charge is -2.02. The Morgan fingerprint density at radius 2 is 1.56 bits per heavy atom. The van der Waals surface area contributed by atoms with Gasteiger partial charge < -0.3 is 0 Å². The lowest BCUT2D eigenvalue weighted by molar-refractivity contribution is 0.642. The molecule has 0 aromatic rings. The highest BCUT2D eigenvalue weighted by atomic mass is 32.2. The molecule has 2 unspecified atom stereocenters.